The van der Waals surface area contributed by atoms with E-state index in [2.05, 4.69) is 77.0 Å². The van der Waals surface area contributed by atoms with Gasteiger partial charge in [-0.15, -0.1) is 0 Å². The lowest BCUT2D eigenvalue weighted by atomic mass is 9.87. The van der Waals surface area contributed by atoms with E-state index in [1.165, 1.54) is 111 Å². The number of aliphatic hydroxyl groups excluding tert-OH is 3. The predicted octanol–water partition coefficient (Wildman–Crippen LogP) is 24.6. The molecule has 19 atom stereocenters. The van der Waals surface area contributed by atoms with Gasteiger partial charge in [-0.1, -0.05) is 222 Å². The molecule has 0 aliphatic heterocycles. The highest BCUT2D eigenvalue weighted by molar-refractivity contribution is 5.87. The molecule has 798 valence electrons. The van der Waals surface area contributed by atoms with Gasteiger partial charge in [-0.3, -0.25) is 62.3 Å². The molecule has 24 heteroatoms. The first-order valence-corrected chi connectivity index (χ1v) is 55.3. The number of carbonyl (C=O) groups is 13. The number of hydrogen-bond donors (Lipinski definition) is 3. The summed E-state index contributed by atoms with van der Waals surface area (Å²) in [6.07, 6.45) is 56.9. The Labute approximate surface area is 835 Å². The summed E-state index contributed by atoms with van der Waals surface area (Å²) >= 11 is 0. The molecule has 8 aliphatic rings. The first-order chi connectivity index (χ1) is 66.3. The second-order valence-electron chi connectivity index (χ2n) is 40.5. The summed E-state index contributed by atoms with van der Waals surface area (Å²) in [6.45, 7) is 31.1. The molecule has 138 heavy (non-hydrogen) atoms. The van der Waals surface area contributed by atoms with Crippen LogP contribution in [-0.2, 0) is 100 Å². The molecule has 0 saturated heterocycles. The summed E-state index contributed by atoms with van der Waals surface area (Å²) < 4.78 is 39.4. The number of ether oxygens (including phenoxy) is 8. The maximum Gasteiger partial charge on any atom is 0.306 e. The highest BCUT2D eigenvalue weighted by Crippen LogP contribution is 2.44. The smallest absolute Gasteiger partial charge is 0.306 e. The summed E-state index contributed by atoms with van der Waals surface area (Å²) in [5.41, 5.74) is 1.14. The van der Waals surface area contributed by atoms with Crippen molar-refractivity contribution < 1.29 is 116 Å². The van der Waals surface area contributed by atoms with E-state index < -0.39 is 0 Å². The third-order valence-corrected chi connectivity index (χ3v) is 29.6. The number of aliphatic hydroxyl groups is 3. The second-order valence-corrected chi connectivity index (χ2v) is 40.5. The number of Topliss-reactive ketones (excluding diaryl/α,β-unsaturated/α-hetero) is 5. The number of carbonyl (C=O) groups excluding carboxylic acids is 13. The Morgan fingerprint density at radius 3 is 0.768 bits per heavy atom. The molecular weight excluding hydrogens is 1750 g/mol. The van der Waals surface area contributed by atoms with Gasteiger partial charge in [0.25, 0.3) is 0 Å². The molecule has 0 aromatic heterocycles. The molecule has 8 saturated carbocycles. The standard InChI is InChI=1S/C17H28O3.C15H28O3.C15H26O3.C14H26O3.C14H24O3.C13H24O3.C13H22O3.C13H20O3/c1-4-5-6-7-15-14(8-9-16(15)18)12-17(19)20-11-10-13(2)3;2*1-3-5-6-7-13-12(8-9-14(13)16)11-15(17)18-10-4-2;2*1-3-5-6-7-12-11(8-9-13(12)15)10-14(16)17-4-2;3*1-3-4-5-6-11-10(7-8-12(11)14)9-13(15)16-2/h10,14-15H,4-9,11-12H2,1-3H3;12-14,16H,3-11H2,1-2H3;12-13H,3-11H2,1-2H3;11-13,15H,3-10H2,1-2H3;11-12H,3-10H2,1-2H3;10-12,14H,3-9H2,1-2H3;10-11H,3-9H2,1-2H3;4-5,10-11H,3,6-9H2,1-2H3/b;;;;;;;5-4-. The van der Waals surface area contributed by atoms with Crippen molar-refractivity contribution in [3.63, 3.8) is 0 Å². The molecule has 3 N–H and O–H groups in total. The van der Waals surface area contributed by atoms with Gasteiger partial charge in [0.1, 0.15) is 35.5 Å². The van der Waals surface area contributed by atoms with E-state index in [0.29, 0.717) is 181 Å². The maximum absolute atomic E-state index is 11.9. The van der Waals surface area contributed by atoms with Gasteiger partial charge in [-0.2, -0.15) is 0 Å². The fraction of sp³-hybridized carbons (Fsp3) is 0.851. The van der Waals surface area contributed by atoms with Gasteiger partial charge in [0.15, 0.2) is 0 Å². The van der Waals surface area contributed by atoms with Crippen molar-refractivity contribution >= 4 is 76.7 Å². The molecule has 0 aromatic carbocycles. The van der Waals surface area contributed by atoms with Crippen molar-refractivity contribution in [1.29, 1.82) is 0 Å². The number of allylic oxidation sites excluding steroid dienone is 3. The van der Waals surface area contributed by atoms with E-state index >= 15 is 0 Å². The van der Waals surface area contributed by atoms with Gasteiger partial charge in [0.2, 0.25) is 0 Å². The van der Waals surface area contributed by atoms with Crippen molar-refractivity contribution in [2.75, 3.05) is 54.4 Å². The summed E-state index contributed by atoms with van der Waals surface area (Å²) in [4.78, 5) is 150. The molecule has 0 heterocycles. The highest BCUT2D eigenvalue weighted by Gasteiger charge is 2.43. The molecule has 8 rings (SSSR count). The number of esters is 8. The van der Waals surface area contributed by atoms with Crippen LogP contribution in [0.5, 0.6) is 0 Å². The average molecular weight is 1950 g/mol. The summed E-state index contributed by atoms with van der Waals surface area (Å²) in [5.74, 6) is 4.07. The quantitative estimate of drug-likeness (QED) is 0.0220. The van der Waals surface area contributed by atoms with E-state index in [-0.39, 0.29) is 125 Å². The molecule has 0 spiro atoms. The maximum atomic E-state index is 11.9. The largest absolute Gasteiger partial charge is 0.469 e. The van der Waals surface area contributed by atoms with E-state index in [9.17, 15) is 77.6 Å². The summed E-state index contributed by atoms with van der Waals surface area (Å²) in [6, 6.07) is 0. The van der Waals surface area contributed by atoms with Crippen LogP contribution in [0, 0.1) is 94.7 Å². The normalized spacial score (nSPS) is 25.4. The number of unbranched alkanes of at least 4 members (excludes halogenated alkanes) is 14. The monoisotopic (exact) mass is 1950 g/mol. The van der Waals surface area contributed by atoms with Crippen LogP contribution in [0.25, 0.3) is 0 Å². The molecule has 0 radical (unpaired) electrons. The SMILES string of the molecule is CC/C=C\CC1C(=O)CCC1CC(=O)OC.CCCCCC1C(=O)CCC1CC(=O)OC.CCCCCC1C(=O)CCC1CC(=O)OCC.CCCCCC1C(=O)CCC1CC(=O)OCC=C(C)C.CCCCCC1C(=O)CCC1CC(=O)OCCC.CCCCCC1C(O)CCC1CC(=O)OC.CCCCCC1C(O)CCC1CC(=O)OCC.CCCCCC1C(O)CCC1CC(=O)OCCC. The Morgan fingerprint density at radius 1 is 0.275 bits per heavy atom. The third kappa shape index (κ3) is 55.9. The highest BCUT2D eigenvalue weighted by atomic mass is 16.6. The second kappa shape index (κ2) is 80.8. The topological polar surface area (TPSA) is 356 Å². The first kappa shape index (κ1) is 129. The van der Waals surface area contributed by atoms with Crippen molar-refractivity contribution in [3.05, 3.63) is 23.8 Å². The van der Waals surface area contributed by atoms with Crippen LogP contribution in [0.1, 0.15) is 456 Å². The zero-order chi connectivity index (χ0) is 103. The number of hydrogen-bond acceptors (Lipinski definition) is 24. The van der Waals surface area contributed by atoms with Gasteiger partial charge in [-0.25, -0.2) is 0 Å². The molecule has 0 aromatic rings. The van der Waals surface area contributed by atoms with Crippen LogP contribution in [0.2, 0.25) is 0 Å². The lowest BCUT2D eigenvalue weighted by molar-refractivity contribution is -0.146. The molecular formula is C114H198O24. The number of methoxy groups -OCH3 is 3. The van der Waals surface area contributed by atoms with E-state index in [4.69, 9.17) is 28.4 Å². The van der Waals surface area contributed by atoms with E-state index in [0.717, 1.165) is 192 Å². The van der Waals surface area contributed by atoms with Crippen LogP contribution in [-0.4, -0.2) is 165 Å². The minimum absolute atomic E-state index is 0.0295. The van der Waals surface area contributed by atoms with Gasteiger partial charge in [-0.05, 0) is 240 Å². The molecule has 8 fully saturated rings. The Bertz CT molecular complexity index is 3390. The average Bonchev–Trinajstić information content (AvgIpc) is 1.82. The third-order valence-electron chi connectivity index (χ3n) is 29.6. The van der Waals surface area contributed by atoms with Crippen LogP contribution in [0.3, 0.4) is 0 Å². The lowest BCUT2D eigenvalue weighted by Crippen LogP contribution is -2.22. The van der Waals surface area contributed by atoms with Crippen molar-refractivity contribution in [2.24, 2.45) is 94.7 Å². The Kier molecular flexibility index (Phi) is 75.9. The Balaban J connectivity index is 0.000000789. The molecule has 0 bridgehead atoms. The van der Waals surface area contributed by atoms with E-state index in [1.807, 2.05) is 47.6 Å². The number of rotatable bonds is 55. The molecule has 24 nitrogen and oxygen atoms in total. The summed E-state index contributed by atoms with van der Waals surface area (Å²) in [7, 11) is 4.23. The van der Waals surface area contributed by atoms with Crippen molar-refractivity contribution in [1.82, 2.24) is 0 Å². The fourth-order valence-electron chi connectivity index (χ4n) is 21.5. The van der Waals surface area contributed by atoms with Gasteiger partial charge in [0.05, 0.1) is 66.1 Å². The first-order valence-electron chi connectivity index (χ1n) is 55.3. The molecule has 0 amide bonds. The van der Waals surface area contributed by atoms with Gasteiger partial charge >= 0.3 is 47.8 Å². The van der Waals surface area contributed by atoms with E-state index in [1.54, 1.807) is 0 Å². The van der Waals surface area contributed by atoms with Crippen molar-refractivity contribution in [3.8, 4) is 0 Å². The van der Waals surface area contributed by atoms with Crippen LogP contribution in [0.4, 0.5) is 0 Å². The minimum Gasteiger partial charge on any atom is -0.469 e. The van der Waals surface area contributed by atoms with Crippen LogP contribution >= 0.6 is 0 Å². The van der Waals surface area contributed by atoms with Gasteiger partial charge < -0.3 is 53.2 Å². The number of ketones is 5. The Morgan fingerprint density at radius 2 is 0.514 bits per heavy atom. The van der Waals surface area contributed by atoms with Crippen LogP contribution in [0.15, 0.2) is 23.8 Å². The summed E-state index contributed by atoms with van der Waals surface area (Å²) in [5, 5.41) is 29.8. The van der Waals surface area contributed by atoms with Gasteiger partial charge in [0, 0.05) is 113 Å². The van der Waals surface area contributed by atoms with Crippen LogP contribution < -0.4 is 0 Å². The Hall–Kier alpha value is -6.53. The molecule has 19 unspecified atom stereocenters. The fourth-order valence-corrected chi connectivity index (χ4v) is 21.5. The zero-order valence-corrected chi connectivity index (χ0v) is 89.8. The van der Waals surface area contributed by atoms with Crippen molar-refractivity contribution in [2.45, 2.75) is 475 Å². The predicted molar refractivity (Wildman–Crippen MR) is 545 cm³/mol. The minimum atomic E-state index is -0.204. The molecule has 8 aliphatic carbocycles. The lowest BCUT2D eigenvalue weighted by Gasteiger charge is -2.21. The zero-order valence-electron chi connectivity index (χ0n) is 89.8.